The van der Waals surface area contributed by atoms with Gasteiger partial charge in [0.05, 0.1) is 12.0 Å². The third-order valence-corrected chi connectivity index (χ3v) is 4.10. The lowest BCUT2D eigenvalue weighted by molar-refractivity contribution is -0.125. The molecule has 2 heterocycles. The summed E-state index contributed by atoms with van der Waals surface area (Å²) in [7, 11) is 1.75. The fourth-order valence-corrected chi connectivity index (χ4v) is 3.12. The number of aryl methyl sites for hydroxylation is 1. The molecule has 0 bridgehead atoms. The van der Waals surface area contributed by atoms with E-state index in [1.165, 1.54) is 5.56 Å². The minimum absolute atomic E-state index is 0.199. The molecule has 1 saturated heterocycles. The Labute approximate surface area is 105 Å². The number of hydrogen-bond acceptors (Lipinski definition) is 3. The van der Waals surface area contributed by atoms with Crippen molar-refractivity contribution in [3.05, 3.63) is 29.6 Å². The Bertz CT molecular complexity index is 529. The summed E-state index contributed by atoms with van der Waals surface area (Å²) < 4.78 is 0. The maximum atomic E-state index is 11.9. The topological polar surface area (TPSA) is 62.3 Å². The average molecular weight is 245 g/mol. The molecule has 3 amide bonds. The van der Waals surface area contributed by atoms with Crippen LogP contribution >= 0.6 is 0 Å². The van der Waals surface area contributed by atoms with Crippen molar-refractivity contribution >= 4 is 11.9 Å². The van der Waals surface area contributed by atoms with Crippen LogP contribution in [0.3, 0.4) is 0 Å². The van der Waals surface area contributed by atoms with Gasteiger partial charge in [-0.3, -0.25) is 15.1 Å². The Morgan fingerprint density at radius 2 is 2.28 bits per heavy atom. The summed E-state index contributed by atoms with van der Waals surface area (Å²) in [4.78, 5) is 29.4. The highest BCUT2D eigenvalue weighted by atomic mass is 16.2. The molecule has 1 spiro atoms. The minimum atomic E-state index is -0.499. The molecule has 2 aliphatic rings. The second kappa shape index (κ2) is 3.80. The zero-order valence-electron chi connectivity index (χ0n) is 10.3. The first-order valence-electron chi connectivity index (χ1n) is 6.14. The number of carbonyl (C=O) groups excluding carboxylic acids is 2. The van der Waals surface area contributed by atoms with E-state index in [-0.39, 0.29) is 11.9 Å². The molecule has 1 unspecified atom stereocenters. The van der Waals surface area contributed by atoms with Crippen LogP contribution in [0.1, 0.15) is 30.4 Å². The predicted octanol–water partition coefficient (Wildman–Crippen LogP) is 1.18. The molecule has 0 aromatic carbocycles. The fourth-order valence-electron chi connectivity index (χ4n) is 3.12. The minimum Gasteiger partial charge on any atom is -0.317 e. The Morgan fingerprint density at radius 1 is 1.44 bits per heavy atom. The van der Waals surface area contributed by atoms with Crippen molar-refractivity contribution in [1.29, 1.82) is 0 Å². The van der Waals surface area contributed by atoms with E-state index in [2.05, 4.69) is 10.3 Å². The van der Waals surface area contributed by atoms with E-state index in [0.717, 1.165) is 24.8 Å². The van der Waals surface area contributed by atoms with Crippen LogP contribution < -0.4 is 5.32 Å². The van der Waals surface area contributed by atoms with Crippen molar-refractivity contribution in [2.45, 2.75) is 31.2 Å². The van der Waals surface area contributed by atoms with Crippen LogP contribution in [0.25, 0.3) is 0 Å². The maximum Gasteiger partial charge on any atom is 0.324 e. The van der Waals surface area contributed by atoms with Gasteiger partial charge in [0, 0.05) is 19.4 Å². The monoisotopic (exact) mass is 245 g/mol. The number of imide groups is 1. The smallest absolute Gasteiger partial charge is 0.317 e. The molecule has 5 heteroatoms. The first-order chi connectivity index (χ1) is 8.63. The zero-order valence-corrected chi connectivity index (χ0v) is 10.3. The van der Waals surface area contributed by atoms with Gasteiger partial charge < -0.3 is 4.90 Å². The zero-order chi connectivity index (χ0) is 12.8. The van der Waals surface area contributed by atoms with Gasteiger partial charge in [-0.2, -0.15) is 0 Å². The molecular weight excluding hydrogens is 230 g/mol. The molecule has 94 valence electrons. The number of pyridine rings is 1. The summed E-state index contributed by atoms with van der Waals surface area (Å²) in [5, 5.41) is 2.36. The quantitative estimate of drug-likeness (QED) is 0.746. The van der Waals surface area contributed by atoms with Gasteiger partial charge in [-0.1, -0.05) is 0 Å². The lowest BCUT2D eigenvalue weighted by Crippen LogP contribution is -2.60. The summed E-state index contributed by atoms with van der Waals surface area (Å²) in [6.07, 6.45) is 6.69. The van der Waals surface area contributed by atoms with E-state index in [1.807, 2.05) is 6.07 Å². The lowest BCUT2D eigenvalue weighted by Gasteiger charge is -2.47. The van der Waals surface area contributed by atoms with Crippen LogP contribution in [-0.2, 0) is 16.8 Å². The van der Waals surface area contributed by atoms with Gasteiger partial charge in [0.25, 0.3) is 0 Å². The number of nitrogens with one attached hydrogen (secondary N) is 1. The molecule has 3 rings (SSSR count). The van der Waals surface area contributed by atoms with Gasteiger partial charge in [-0.15, -0.1) is 0 Å². The number of urea groups is 1. The van der Waals surface area contributed by atoms with E-state index in [1.54, 1.807) is 24.3 Å². The van der Waals surface area contributed by atoms with Gasteiger partial charge in [-0.05, 0) is 36.5 Å². The number of aromatic nitrogens is 1. The molecule has 5 nitrogen and oxygen atoms in total. The molecule has 1 aromatic rings. The molecule has 1 N–H and O–H groups in total. The Morgan fingerprint density at radius 3 is 3.11 bits per heavy atom. The Balaban J connectivity index is 2.15. The van der Waals surface area contributed by atoms with E-state index in [0.29, 0.717) is 6.42 Å². The van der Waals surface area contributed by atoms with Gasteiger partial charge in [-0.25, -0.2) is 4.79 Å². The molecule has 0 saturated carbocycles. The average Bonchev–Trinajstić information content (AvgIpc) is 2.36. The molecule has 1 aliphatic heterocycles. The summed E-state index contributed by atoms with van der Waals surface area (Å²) in [6.45, 7) is 0. The molecule has 1 aliphatic carbocycles. The van der Waals surface area contributed by atoms with Gasteiger partial charge >= 0.3 is 6.03 Å². The van der Waals surface area contributed by atoms with Crippen LogP contribution in [0.2, 0.25) is 0 Å². The van der Waals surface area contributed by atoms with Crippen molar-refractivity contribution in [2.24, 2.45) is 0 Å². The molecular formula is C13H15N3O2. The number of fused-ring (bicyclic) bond motifs is 2. The fraction of sp³-hybridized carbons (Fsp3) is 0.462. The van der Waals surface area contributed by atoms with Crippen molar-refractivity contribution in [3.63, 3.8) is 0 Å². The number of carbonyl (C=O) groups is 2. The van der Waals surface area contributed by atoms with E-state index >= 15 is 0 Å². The van der Waals surface area contributed by atoms with Gasteiger partial charge in [0.2, 0.25) is 5.91 Å². The summed E-state index contributed by atoms with van der Waals surface area (Å²) in [5.74, 6) is -0.199. The van der Waals surface area contributed by atoms with Crippen molar-refractivity contribution < 1.29 is 9.59 Å². The van der Waals surface area contributed by atoms with E-state index in [9.17, 15) is 9.59 Å². The van der Waals surface area contributed by atoms with Crippen molar-refractivity contribution in [3.8, 4) is 0 Å². The van der Waals surface area contributed by atoms with Gasteiger partial charge in [0.15, 0.2) is 0 Å². The number of amides is 3. The van der Waals surface area contributed by atoms with Crippen LogP contribution in [-0.4, -0.2) is 28.9 Å². The first-order valence-corrected chi connectivity index (χ1v) is 6.14. The summed E-state index contributed by atoms with van der Waals surface area (Å²) in [5.41, 5.74) is 1.73. The van der Waals surface area contributed by atoms with E-state index < -0.39 is 5.54 Å². The molecule has 0 radical (unpaired) electrons. The van der Waals surface area contributed by atoms with Crippen LogP contribution in [0, 0.1) is 0 Å². The first kappa shape index (κ1) is 11.2. The molecule has 1 aromatic heterocycles. The van der Waals surface area contributed by atoms with Gasteiger partial charge in [0.1, 0.15) is 0 Å². The number of rotatable bonds is 0. The SMILES string of the molecule is CN1C(=O)NC(=O)CC12CCCc1ccncc12. The second-order valence-corrected chi connectivity index (χ2v) is 5.01. The van der Waals surface area contributed by atoms with Crippen molar-refractivity contribution in [2.75, 3.05) is 7.05 Å². The summed E-state index contributed by atoms with van der Waals surface area (Å²) in [6, 6.07) is 1.67. The molecule has 1 fully saturated rings. The van der Waals surface area contributed by atoms with E-state index in [4.69, 9.17) is 0 Å². The van der Waals surface area contributed by atoms with Crippen LogP contribution in [0.5, 0.6) is 0 Å². The van der Waals surface area contributed by atoms with Crippen LogP contribution in [0.4, 0.5) is 4.79 Å². The predicted molar refractivity (Wildman–Crippen MR) is 64.8 cm³/mol. The molecule has 1 atom stereocenters. The molecule has 18 heavy (non-hydrogen) atoms. The number of hydrogen-bond donors (Lipinski definition) is 1. The highest BCUT2D eigenvalue weighted by Crippen LogP contribution is 2.43. The maximum absolute atomic E-state index is 11.9. The second-order valence-electron chi connectivity index (χ2n) is 5.01. The largest absolute Gasteiger partial charge is 0.324 e. The van der Waals surface area contributed by atoms with Crippen LogP contribution in [0.15, 0.2) is 18.5 Å². The standard InChI is InChI=1S/C13H15N3O2/c1-16-12(18)15-11(17)7-13(16)5-2-3-9-4-6-14-8-10(9)13/h4,6,8H,2-3,5,7H2,1H3,(H,15,17,18). The highest BCUT2D eigenvalue weighted by Gasteiger charge is 2.47. The Kier molecular flexibility index (Phi) is 2.36. The van der Waals surface area contributed by atoms with Crippen molar-refractivity contribution in [1.82, 2.24) is 15.2 Å². The summed E-state index contributed by atoms with van der Waals surface area (Å²) >= 11 is 0. The normalized spacial score (nSPS) is 27.1. The number of nitrogens with zero attached hydrogens (tertiary/aromatic N) is 2. The third-order valence-electron chi connectivity index (χ3n) is 4.10. The lowest BCUT2D eigenvalue weighted by atomic mass is 9.73. The Hall–Kier alpha value is -1.91. The highest BCUT2D eigenvalue weighted by molar-refractivity contribution is 5.98. The third kappa shape index (κ3) is 1.43.